The highest BCUT2D eigenvalue weighted by atomic mass is 16.4. The quantitative estimate of drug-likeness (QED) is 0.712. The molecule has 1 heterocycles. The van der Waals surface area contributed by atoms with Crippen molar-refractivity contribution in [2.75, 3.05) is 19.6 Å². The third-order valence-electron chi connectivity index (χ3n) is 3.87. The molecule has 0 aliphatic carbocycles. The molecule has 0 spiro atoms. The Hall–Kier alpha value is -0.570. The smallest absolute Gasteiger partial charge is 0.0773 e. The molecule has 114 valence electrons. The van der Waals surface area contributed by atoms with Gasteiger partial charge in [0, 0.05) is 5.97 Å². The summed E-state index contributed by atoms with van der Waals surface area (Å²) in [4.78, 5) is 10.8. The van der Waals surface area contributed by atoms with Crippen LogP contribution in [0.5, 0.6) is 0 Å². The number of hydrogen-bond acceptors (Lipinski definition) is 2. The highest BCUT2D eigenvalue weighted by Gasteiger charge is 2.17. The van der Waals surface area contributed by atoms with Crippen LogP contribution < -0.4 is 10.0 Å². The number of quaternary nitrogens is 1. The van der Waals surface area contributed by atoms with E-state index in [9.17, 15) is 0 Å². The minimum atomic E-state index is -1.08. The Bertz CT molecular complexity index is 207. The van der Waals surface area contributed by atoms with Crippen LogP contribution in [-0.4, -0.2) is 25.6 Å². The molecule has 0 atom stereocenters. The van der Waals surface area contributed by atoms with E-state index in [-0.39, 0.29) is 0 Å². The van der Waals surface area contributed by atoms with Crippen LogP contribution in [0.2, 0.25) is 0 Å². The second kappa shape index (κ2) is 12.5. The van der Waals surface area contributed by atoms with Crippen LogP contribution in [0.1, 0.15) is 72.1 Å². The SMILES string of the molecule is CC(=O)[O-].CCCCCCCC[NH+]1CCC(C)CC1. The normalized spacial score (nSPS) is 22.5. The summed E-state index contributed by atoms with van der Waals surface area (Å²) in [5, 5.41) is 8.89. The molecule has 0 aromatic carbocycles. The number of carboxylic acids is 1. The van der Waals surface area contributed by atoms with E-state index in [1.54, 1.807) is 0 Å². The maximum absolute atomic E-state index is 8.89. The van der Waals surface area contributed by atoms with Crippen molar-refractivity contribution in [3.8, 4) is 0 Å². The van der Waals surface area contributed by atoms with Crippen LogP contribution in [0.4, 0.5) is 0 Å². The summed E-state index contributed by atoms with van der Waals surface area (Å²) in [5.74, 6) is -0.0849. The molecular formula is C16H33NO2. The van der Waals surface area contributed by atoms with Crippen molar-refractivity contribution in [2.45, 2.75) is 72.1 Å². The first-order chi connectivity index (χ1) is 9.06. The third kappa shape index (κ3) is 13.7. The zero-order chi connectivity index (χ0) is 14.5. The van der Waals surface area contributed by atoms with Crippen molar-refractivity contribution in [2.24, 2.45) is 5.92 Å². The van der Waals surface area contributed by atoms with E-state index in [2.05, 4.69) is 13.8 Å². The molecule has 0 amide bonds. The van der Waals surface area contributed by atoms with Gasteiger partial charge in [0.25, 0.3) is 0 Å². The molecule has 1 saturated heterocycles. The molecule has 19 heavy (non-hydrogen) atoms. The minimum Gasteiger partial charge on any atom is -0.550 e. The second-order valence-corrected chi connectivity index (χ2v) is 5.94. The predicted molar refractivity (Wildman–Crippen MR) is 78.0 cm³/mol. The van der Waals surface area contributed by atoms with Gasteiger partial charge < -0.3 is 14.8 Å². The van der Waals surface area contributed by atoms with E-state index < -0.39 is 5.97 Å². The van der Waals surface area contributed by atoms with E-state index in [1.807, 2.05) is 4.90 Å². The Kier molecular flexibility index (Phi) is 12.1. The second-order valence-electron chi connectivity index (χ2n) is 5.94. The molecule has 1 N–H and O–H groups in total. The lowest BCUT2D eigenvalue weighted by Crippen LogP contribution is -3.13. The number of likely N-dealkylation sites (tertiary alicyclic amines) is 1. The number of hydrogen-bond donors (Lipinski definition) is 1. The van der Waals surface area contributed by atoms with Gasteiger partial charge >= 0.3 is 0 Å². The zero-order valence-electron chi connectivity index (χ0n) is 13.2. The monoisotopic (exact) mass is 271 g/mol. The standard InChI is InChI=1S/C14H29N.C2H4O2/c1-3-4-5-6-7-8-11-15-12-9-14(2)10-13-15;1-2(3)4/h14H,3-13H2,1-2H3;1H3,(H,3,4). The maximum atomic E-state index is 8.89. The van der Waals surface area contributed by atoms with Crippen molar-refractivity contribution >= 4 is 5.97 Å². The molecular weight excluding hydrogens is 238 g/mol. The van der Waals surface area contributed by atoms with Gasteiger partial charge in [-0.05, 0) is 38.5 Å². The minimum absolute atomic E-state index is 0.972. The molecule has 1 fully saturated rings. The van der Waals surface area contributed by atoms with E-state index in [0.29, 0.717) is 0 Å². The van der Waals surface area contributed by atoms with Gasteiger partial charge in [-0.25, -0.2) is 0 Å². The molecule has 0 aromatic heterocycles. The van der Waals surface area contributed by atoms with E-state index in [1.165, 1.54) is 71.0 Å². The van der Waals surface area contributed by atoms with Crippen molar-refractivity contribution in [3.05, 3.63) is 0 Å². The van der Waals surface area contributed by atoms with Gasteiger partial charge in [0.2, 0.25) is 0 Å². The Labute approximate surface area is 119 Å². The number of piperidine rings is 1. The molecule has 0 aromatic rings. The number of unbranched alkanes of at least 4 members (excludes halogenated alkanes) is 5. The summed E-state index contributed by atoms with van der Waals surface area (Å²) < 4.78 is 0. The van der Waals surface area contributed by atoms with Crippen molar-refractivity contribution < 1.29 is 14.8 Å². The number of aliphatic carboxylic acids is 1. The van der Waals surface area contributed by atoms with E-state index in [4.69, 9.17) is 9.90 Å². The van der Waals surface area contributed by atoms with Gasteiger partial charge in [0.15, 0.2) is 0 Å². The van der Waals surface area contributed by atoms with Gasteiger partial charge in [-0.1, -0.05) is 39.5 Å². The Morgan fingerprint density at radius 3 is 2.11 bits per heavy atom. The number of nitrogens with one attached hydrogen (secondary N) is 1. The Morgan fingerprint density at radius 1 is 1.11 bits per heavy atom. The average Bonchev–Trinajstić information content (AvgIpc) is 2.35. The highest BCUT2D eigenvalue weighted by molar-refractivity contribution is 5.60. The molecule has 0 radical (unpaired) electrons. The van der Waals surface area contributed by atoms with Gasteiger partial charge in [-0.15, -0.1) is 0 Å². The summed E-state index contributed by atoms with van der Waals surface area (Å²) in [5.41, 5.74) is 0. The summed E-state index contributed by atoms with van der Waals surface area (Å²) in [6.45, 7) is 9.99. The maximum Gasteiger partial charge on any atom is 0.0773 e. The third-order valence-corrected chi connectivity index (χ3v) is 3.87. The van der Waals surface area contributed by atoms with Crippen LogP contribution in [0.25, 0.3) is 0 Å². The molecule has 0 bridgehead atoms. The fourth-order valence-electron chi connectivity index (χ4n) is 2.58. The number of rotatable bonds is 7. The summed E-state index contributed by atoms with van der Waals surface area (Å²) in [6.07, 6.45) is 11.6. The first-order valence-electron chi connectivity index (χ1n) is 8.07. The lowest BCUT2D eigenvalue weighted by atomic mass is 9.99. The zero-order valence-corrected chi connectivity index (χ0v) is 13.2. The van der Waals surface area contributed by atoms with Crippen LogP contribution in [0.3, 0.4) is 0 Å². The van der Waals surface area contributed by atoms with Crippen molar-refractivity contribution in [3.63, 3.8) is 0 Å². The van der Waals surface area contributed by atoms with Crippen molar-refractivity contribution in [1.82, 2.24) is 0 Å². The molecule has 1 aliphatic heterocycles. The Morgan fingerprint density at radius 2 is 1.58 bits per heavy atom. The first kappa shape index (κ1) is 18.4. The van der Waals surface area contributed by atoms with E-state index in [0.717, 1.165) is 12.8 Å². The predicted octanol–water partition coefficient (Wildman–Crippen LogP) is 1.42. The van der Waals surface area contributed by atoms with Crippen LogP contribution >= 0.6 is 0 Å². The molecule has 1 rings (SSSR count). The van der Waals surface area contributed by atoms with Crippen LogP contribution in [0.15, 0.2) is 0 Å². The molecule has 0 unspecified atom stereocenters. The number of carbonyl (C=O) groups excluding carboxylic acids is 1. The topological polar surface area (TPSA) is 44.6 Å². The van der Waals surface area contributed by atoms with Crippen LogP contribution in [0, 0.1) is 5.92 Å². The largest absolute Gasteiger partial charge is 0.550 e. The van der Waals surface area contributed by atoms with Gasteiger partial charge in [0.05, 0.1) is 19.6 Å². The number of carbonyl (C=O) groups is 1. The summed E-state index contributed by atoms with van der Waals surface area (Å²) >= 11 is 0. The van der Waals surface area contributed by atoms with Crippen LogP contribution in [-0.2, 0) is 4.79 Å². The summed E-state index contributed by atoms with van der Waals surface area (Å²) in [7, 11) is 0. The van der Waals surface area contributed by atoms with Gasteiger partial charge in [-0.3, -0.25) is 0 Å². The first-order valence-corrected chi connectivity index (χ1v) is 8.07. The average molecular weight is 271 g/mol. The highest BCUT2D eigenvalue weighted by Crippen LogP contribution is 2.07. The fraction of sp³-hybridized carbons (Fsp3) is 0.938. The van der Waals surface area contributed by atoms with Crippen molar-refractivity contribution in [1.29, 1.82) is 0 Å². The molecule has 0 saturated carbocycles. The molecule has 1 aliphatic rings. The van der Waals surface area contributed by atoms with Gasteiger partial charge in [0.1, 0.15) is 0 Å². The van der Waals surface area contributed by atoms with E-state index >= 15 is 0 Å². The number of carboxylic acid groups (broad SMARTS) is 1. The lowest BCUT2D eigenvalue weighted by molar-refractivity contribution is -0.906. The van der Waals surface area contributed by atoms with Gasteiger partial charge in [-0.2, -0.15) is 0 Å². The fourth-order valence-corrected chi connectivity index (χ4v) is 2.58. The summed E-state index contributed by atoms with van der Waals surface area (Å²) in [6, 6.07) is 0. The molecule has 3 nitrogen and oxygen atoms in total. The molecule has 3 heteroatoms. The Balaban J connectivity index is 0.000000711. The lowest BCUT2D eigenvalue weighted by Gasteiger charge is -2.27.